The summed E-state index contributed by atoms with van der Waals surface area (Å²) in [6.45, 7) is 0. The van der Waals surface area contributed by atoms with Crippen LogP contribution in [0.2, 0.25) is 0 Å². The Hall–Kier alpha value is -1.31. The third kappa shape index (κ3) is 1.29. The Labute approximate surface area is 95.3 Å². The van der Waals surface area contributed by atoms with Crippen molar-refractivity contribution in [3.8, 4) is 0 Å². The lowest BCUT2D eigenvalue weighted by atomic mass is 9.65. The summed E-state index contributed by atoms with van der Waals surface area (Å²) in [5, 5.41) is 8.96. The molecule has 3 rings (SSSR count). The Morgan fingerprint density at radius 3 is 2.75 bits per heavy atom. The molecule has 1 N–H and O–H groups in total. The summed E-state index contributed by atoms with van der Waals surface area (Å²) >= 11 is 0. The summed E-state index contributed by atoms with van der Waals surface area (Å²) < 4.78 is 0. The van der Waals surface area contributed by atoms with Crippen LogP contribution < -0.4 is 0 Å². The molecule has 0 aliphatic heterocycles. The third-order valence-electron chi connectivity index (χ3n) is 4.34. The lowest BCUT2D eigenvalue weighted by molar-refractivity contribution is -0.137. The predicted molar refractivity (Wildman–Crippen MR) is 61.6 cm³/mol. The van der Waals surface area contributed by atoms with E-state index in [0.29, 0.717) is 11.8 Å². The summed E-state index contributed by atoms with van der Waals surface area (Å²) in [6.07, 6.45) is 5.14. The van der Waals surface area contributed by atoms with Gasteiger partial charge in [-0.3, -0.25) is 4.79 Å². The van der Waals surface area contributed by atoms with Crippen molar-refractivity contribution in [2.75, 3.05) is 0 Å². The van der Waals surface area contributed by atoms with Crippen LogP contribution in [-0.2, 0) is 10.2 Å². The number of aliphatic carboxylic acids is 1. The molecule has 0 saturated heterocycles. The van der Waals surface area contributed by atoms with Crippen LogP contribution in [-0.4, -0.2) is 11.1 Å². The Morgan fingerprint density at radius 2 is 2.12 bits per heavy atom. The van der Waals surface area contributed by atoms with Gasteiger partial charge in [0.1, 0.15) is 0 Å². The SMILES string of the molecule is O=C(O)CC1CC2(CCC2)c2ccccc21. The summed E-state index contributed by atoms with van der Waals surface area (Å²) in [5.74, 6) is -0.426. The van der Waals surface area contributed by atoms with Crippen LogP contribution in [0.3, 0.4) is 0 Å². The van der Waals surface area contributed by atoms with E-state index in [2.05, 4.69) is 18.2 Å². The highest BCUT2D eigenvalue weighted by Crippen LogP contribution is 2.57. The largest absolute Gasteiger partial charge is 0.481 e. The van der Waals surface area contributed by atoms with Crippen LogP contribution in [0.25, 0.3) is 0 Å². The van der Waals surface area contributed by atoms with Gasteiger partial charge in [0, 0.05) is 0 Å². The smallest absolute Gasteiger partial charge is 0.303 e. The highest BCUT2D eigenvalue weighted by molar-refractivity contribution is 5.69. The van der Waals surface area contributed by atoms with Gasteiger partial charge in [-0.1, -0.05) is 30.7 Å². The van der Waals surface area contributed by atoms with Crippen molar-refractivity contribution in [1.29, 1.82) is 0 Å². The van der Waals surface area contributed by atoms with Gasteiger partial charge in [-0.25, -0.2) is 0 Å². The second-order valence-corrected chi connectivity index (χ2v) is 5.22. The molecule has 1 saturated carbocycles. The number of fused-ring (bicyclic) bond motifs is 2. The molecule has 1 fully saturated rings. The molecule has 0 radical (unpaired) electrons. The first-order valence-corrected chi connectivity index (χ1v) is 6.02. The van der Waals surface area contributed by atoms with E-state index in [4.69, 9.17) is 5.11 Å². The molecule has 0 aromatic heterocycles. The van der Waals surface area contributed by atoms with Gasteiger partial charge >= 0.3 is 5.97 Å². The van der Waals surface area contributed by atoms with Crippen molar-refractivity contribution in [2.24, 2.45) is 0 Å². The van der Waals surface area contributed by atoms with Crippen LogP contribution in [0, 0.1) is 0 Å². The molecule has 1 atom stereocenters. The van der Waals surface area contributed by atoms with Crippen molar-refractivity contribution >= 4 is 5.97 Å². The monoisotopic (exact) mass is 216 g/mol. The Bertz CT molecular complexity index is 432. The Balaban J connectivity index is 1.99. The zero-order chi connectivity index (χ0) is 11.2. The average molecular weight is 216 g/mol. The number of benzene rings is 1. The molecule has 0 amide bonds. The van der Waals surface area contributed by atoms with Crippen molar-refractivity contribution in [2.45, 2.75) is 43.4 Å². The predicted octanol–water partition coefficient (Wildman–Crippen LogP) is 3.07. The van der Waals surface area contributed by atoms with Gasteiger partial charge in [0.15, 0.2) is 0 Å². The lowest BCUT2D eigenvalue weighted by Crippen LogP contribution is -2.31. The fraction of sp³-hybridized carbons (Fsp3) is 0.500. The minimum absolute atomic E-state index is 0.244. The molecule has 0 bridgehead atoms. The lowest BCUT2D eigenvalue weighted by Gasteiger charge is -2.39. The average Bonchev–Trinajstić information content (AvgIpc) is 2.53. The van der Waals surface area contributed by atoms with E-state index >= 15 is 0 Å². The molecule has 2 aliphatic rings. The van der Waals surface area contributed by atoms with Gasteiger partial charge in [0.05, 0.1) is 6.42 Å². The second kappa shape index (κ2) is 3.34. The number of hydrogen-bond acceptors (Lipinski definition) is 1. The molecule has 0 heterocycles. The van der Waals surface area contributed by atoms with Gasteiger partial charge in [-0.2, -0.15) is 0 Å². The van der Waals surface area contributed by atoms with E-state index in [0.717, 1.165) is 6.42 Å². The van der Waals surface area contributed by atoms with Crippen molar-refractivity contribution < 1.29 is 9.90 Å². The van der Waals surface area contributed by atoms with Gasteiger partial charge in [0.25, 0.3) is 0 Å². The van der Waals surface area contributed by atoms with Gasteiger partial charge < -0.3 is 5.11 Å². The highest BCUT2D eigenvalue weighted by Gasteiger charge is 2.47. The summed E-state index contributed by atoms with van der Waals surface area (Å²) in [4.78, 5) is 10.9. The zero-order valence-electron chi connectivity index (χ0n) is 9.28. The summed E-state index contributed by atoms with van der Waals surface area (Å²) in [7, 11) is 0. The molecular weight excluding hydrogens is 200 g/mol. The first kappa shape index (κ1) is 9.88. The van der Waals surface area contributed by atoms with E-state index in [1.54, 1.807) is 0 Å². The standard InChI is InChI=1S/C14H16O2/c15-13(16)8-10-9-14(6-3-7-14)12-5-2-1-4-11(10)12/h1-2,4-5,10H,3,6-9H2,(H,15,16). The number of hydrogen-bond donors (Lipinski definition) is 1. The number of carbonyl (C=O) groups is 1. The van der Waals surface area contributed by atoms with Crippen LogP contribution in [0.15, 0.2) is 24.3 Å². The fourth-order valence-corrected chi connectivity index (χ4v) is 3.50. The minimum Gasteiger partial charge on any atom is -0.481 e. The van der Waals surface area contributed by atoms with Crippen molar-refractivity contribution in [3.63, 3.8) is 0 Å². The first-order chi connectivity index (χ1) is 7.71. The Morgan fingerprint density at radius 1 is 1.38 bits per heavy atom. The first-order valence-electron chi connectivity index (χ1n) is 6.02. The van der Waals surface area contributed by atoms with E-state index in [1.165, 1.54) is 30.4 Å². The van der Waals surface area contributed by atoms with Gasteiger partial charge in [-0.05, 0) is 41.7 Å². The number of carboxylic acids is 1. The summed E-state index contributed by atoms with van der Waals surface area (Å²) in [5.41, 5.74) is 3.08. The van der Waals surface area contributed by atoms with Crippen LogP contribution in [0.5, 0.6) is 0 Å². The van der Waals surface area contributed by atoms with Crippen molar-refractivity contribution in [1.82, 2.24) is 0 Å². The molecule has 1 spiro atoms. The van der Waals surface area contributed by atoms with Crippen LogP contribution in [0.4, 0.5) is 0 Å². The topological polar surface area (TPSA) is 37.3 Å². The molecule has 84 valence electrons. The maximum atomic E-state index is 10.9. The van der Waals surface area contributed by atoms with E-state index in [-0.39, 0.29) is 5.92 Å². The quantitative estimate of drug-likeness (QED) is 0.824. The molecule has 16 heavy (non-hydrogen) atoms. The fourth-order valence-electron chi connectivity index (χ4n) is 3.50. The maximum absolute atomic E-state index is 10.9. The van der Waals surface area contributed by atoms with Gasteiger partial charge in [-0.15, -0.1) is 0 Å². The second-order valence-electron chi connectivity index (χ2n) is 5.22. The van der Waals surface area contributed by atoms with Crippen molar-refractivity contribution in [3.05, 3.63) is 35.4 Å². The number of rotatable bonds is 2. The molecule has 1 aromatic carbocycles. The normalized spacial score (nSPS) is 25.1. The minimum atomic E-state index is -0.670. The molecular formula is C14H16O2. The highest BCUT2D eigenvalue weighted by atomic mass is 16.4. The molecule has 1 unspecified atom stereocenters. The molecule has 2 heteroatoms. The van der Waals surface area contributed by atoms with E-state index < -0.39 is 5.97 Å². The molecule has 2 aliphatic carbocycles. The molecule has 2 nitrogen and oxygen atoms in total. The number of carboxylic acid groups (broad SMARTS) is 1. The van der Waals surface area contributed by atoms with E-state index in [1.807, 2.05) is 6.07 Å². The molecule has 1 aromatic rings. The van der Waals surface area contributed by atoms with Gasteiger partial charge in [0.2, 0.25) is 0 Å². The summed E-state index contributed by atoms with van der Waals surface area (Å²) in [6, 6.07) is 8.44. The van der Waals surface area contributed by atoms with Crippen LogP contribution in [0.1, 0.15) is 49.1 Å². The Kier molecular flexibility index (Phi) is 2.06. The van der Waals surface area contributed by atoms with E-state index in [9.17, 15) is 4.79 Å². The van der Waals surface area contributed by atoms with Crippen LogP contribution >= 0.6 is 0 Å². The third-order valence-corrected chi connectivity index (χ3v) is 4.34. The maximum Gasteiger partial charge on any atom is 0.303 e. The zero-order valence-corrected chi connectivity index (χ0v) is 9.28.